The number of aromatic nitrogens is 4. The molecule has 0 atom stereocenters. The smallest absolute Gasteiger partial charge is 0.185 e. The maximum absolute atomic E-state index is 5.85. The van der Waals surface area contributed by atoms with E-state index in [0.717, 1.165) is 30.2 Å². The molecule has 0 spiro atoms. The minimum Gasteiger partial charge on any atom is -0.496 e. The number of nitrogens with zero attached hydrogens (tertiary/aromatic N) is 4. The fourth-order valence-corrected chi connectivity index (χ4v) is 2.38. The second kappa shape index (κ2) is 5.48. The van der Waals surface area contributed by atoms with Gasteiger partial charge in [0.05, 0.1) is 12.7 Å². The first-order chi connectivity index (χ1) is 9.78. The molecule has 0 amide bonds. The van der Waals surface area contributed by atoms with E-state index in [9.17, 15) is 0 Å². The molecule has 1 aromatic carbocycles. The lowest BCUT2D eigenvalue weighted by Crippen LogP contribution is -2.04. The third-order valence-corrected chi connectivity index (χ3v) is 3.68. The van der Waals surface area contributed by atoms with Crippen molar-refractivity contribution in [1.82, 2.24) is 20.2 Å². The van der Waals surface area contributed by atoms with Gasteiger partial charge in [-0.15, -0.1) is 5.10 Å². The molecule has 6 nitrogen and oxygen atoms in total. The van der Waals surface area contributed by atoms with Crippen molar-refractivity contribution in [2.45, 2.75) is 32.2 Å². The lowest BCUT2D eigenvalue weighted by atomic mass is 10.1. The van der Waals surface area contributed by atoms with E-state index in [1.807, 2.05) is 22.9 Å². The first kappa shape index (κ1) is 12.9. The van der Waals surface area contributed by atoms with Crippen LogP contribution in [0.1, 0.15) is 25.7 Å². The summed E-state index contributed by atoms with van der Waals surface area (Å²) in [5.41, 5.74) is 7.36. The van der Waals surface area contributed by atoms with Gasteiger partial charge in [-0.25, -0.2) is 4.68 Å². The number of hydrogen-bond acceptors (Lipinski definition) is 5. The van der Waals surface area contributed by atoms with Gasteiger partial charge in [0.15, 0.2) is 5.82 Å². The van der Waals surface area contributed by atoms with Gasteiger partial charge in [-0.05, 0) is 47.4 Å². The predicted octanol–water partition coefficient (Wildman–Crippen LogP) is 2.12. The molecule has 106 valence electrons. The molecule has 1 heterocycles. The average molecular weight is 273 g/mol. The molecule has 0 bridgehead atoms. The van der Waals surface area contributed by atoms with Gasteiger partial charge in [-0.1, -0.05) is 12.8 Å². The maximum Gasteiger partial charge on any atom is 0.185 e. The Hall–Kier alpha value is -2.11. The van der Waals surface area contributed by atoms with Crippen molar-refractivity contribution in [3.05, 3.63) is 18.2 Å². The van der Waals surface area contributed by atoms with E-state index in [4.69, 9.17) is 10.5 Å². The van der Waals surface area contributed by atoms with E-state index in [1.54, 1.807) is 7.11 Å². The Labute approximate surface area is 117 Å². The quantitative estimate of drug-likeness (QED) is 0.815. The van der Waals surface area contributed by atoms with Crippen LogP contribution < -0.4 is 10.5 Å². The molecular weight excluding hydrogens is 254 g/mol. The monoisotopic (exact) mass is 273 g/mol. The van der Waals surface area contributed by atoms with Crippen LogP contribution in [-0.2, 0) is 6.54 Å². The number of methoxy groups -OCH3 is 1. The van der Waals surface area contributed by atoms with Crippen molar-refractivity contribution in [3.8, 4) is 17.1 Å². The van der Waals surface area contributed by atoms with Gasteiger partial charge in [-0.2, -0.15) is 0 Å². The zero-order valence-electron chi connectivity index (χ0n) is 11.6. The van der Waals surface area contributed by atoms with E-state index in [2.05, 4.69) is 15.5 Å². The standard InChI is InChI=1S/C14H19N5O/c1-20-13-7-6-11(15)9-12(13)14-16-17-18-19(14)8-2-3-10-4-5-10/h6-7,9-10H,2-5,8,15H2,1H3. The van der Waals surface area contributed by atoms with Crippen molar-refractivity contribution in [1.29, 1.82) is 0 Å². The van der Waals surface area contributed by atoms with Crippen molar-refractivity contribution < 1.29 is 4.74 Å². The lowest BCUT2D eigenvalue weighted by Gasteiger charge is -2.09. The number of aryl methyl sites for hydroxylation is 1. The molecule has 0 unspecified atom stereocenters. The Bertz CT molecular complexity index is 591. The Morgan fingerprint density at radius 3 is 3.00 bits per heavy atom. The van der Waals surface area contributed by atoms with E-state index in [1.165, 1.54) is 19.3 Å². The SMILES string of the molecule is COc1ccc(N)cc1-c1nnnn1CCCC1CC1. The number of hydrogen-bond donors (Lipinski definition) is 1. The maximum atomic E-state index is 5.85. The van der Waals surface area contributed by atoms with Crippen LogP contribution in [0, 0.1) is 5.92 Å². The van der Waals surface area contributed by atoms with Crippen LogP contribution in [0.15, 0.2) is 18.2 Å². The number of nitrogen functional groups attached to an aromatic ring is 1. The summed E-state index contributed by atoms with van der Waals surface area (Å²) in [6.45, 7) is 0.830. The van der Waals surface area contributed by atoms with E-state index < -0.39 is 0 Å². The molecular formula is C14H19N5O. The first-order valence-electron chi connectivity index (χ1n) is 6.98. The zero-order chi connectivity index (χ0) is 13.9. The highest BCUT2D eigenvalue weighted by atomic mass is 16.5. The summed E-state index contributed by atoms with van der Waals surface area (Å²) in [7, 11) is 1.64. The largest absolute Gasteiger partial charge is 0.496 e. The van der Waals surface area contributed by atoms with Crippen molar-refractivity contribution in [3.63, 3.8) is 0 Å². The van der Waals surface area contributed by atoms with E-state index in [-0.39, 0.29) is 0 Å². The first-order valence-corrected chi connectivity index (χ1v) is 6.98. The number of benzene rings is 1. The van der Waals surface area contributed by atoms with Crippen molar-refractivity contribution in [2.75, 3.05) is 12.8 Å². The molecule has 1 aliphatic carbocycles. The van der Waals surface area contributed by atoms with E-state index in [0.29, 0.717) is 11.5 Å². The Balaban J connectivity index is 1.82. The van der Waals surface area contributed by atoms with Gasteiger partial charge in [0, 0.05) is 12.2 Å². The molecule has 2 aromatic rings. The number of ether oxygens (including phenoxy) is 1. The Morgan fingerprint density at radius 1 is 1.40 bits per heavy atom. The third kappa shape index (κ3) is 2.74. The van der Waals surface area contributed by atoms with Crippen molar-refractivity contribution >= 4 is 5.69 Å². The molecule has 1 aliphatic rings. The van der Waals surface area contributed by atoms with Gasteiger partial charge >= 0.3 is 0 Å². The second-order valence-electron chi connectivity index (χ2n) is 5.27. The summed E-state index contributed by atoms with van der Waals surface area (Å²) in [5, 5.41) is 12.0. The highest BCUT2D eigenvalue weighted by molar-refractivity contribution is 5.68. The summed E-state index contributed by atoms with van der Waals surface area (Å²) >= 11 is 0. The summed E-state index contributed by atoms with van der Waals surface area (Å²) in [6.07, 6.45) is 5.12. The van der Waals surface area contributed by atoms with Gasteiger partial charge in [0.1, 0.15) is 5.75 Å². The van der Waals surface area contributed by atoms with Crippen molar-refractivity contribution in [2.24, 2.45) is 5.92 Å². The highest BCUT2D eigenvalue weighted by Crippen LogP contribution is 2.34. The molecule has 0 saturated heterocycles. The van der Waals surface area contributed by atoms with E-state index >= 15 is 0 Å². The van der Waals surface area contributed by atoms with Gasteiger partial charge < -0.3 is 10.5 Å². The third-order valence-electron chi connectivity index (χ3n) is 3.68. The number of tetrazole rings is 1. The van der Waals surface area contributed by atoms with Crippen LogP contribution in [0.5, 0.6) is 5.75 Å². The minimum absolute atomic E-state index is 0.674. The second-order valence-corrected chi connectivity index (χ2v) is 5.27. The Kier molecular flexibility index (Phi) is 3.54. The molecule has 0 aliphatic heterocycles. The fraction of sp³-hybridized carbons (Fsp3) is 0.500. The van der Waals surface area contributed by atoms with Crippen LogP contribution in [0.2, 0.25) is 0 Å². The minimum atomic E-state index is 0.674. The molecule has 2 N–H and O–H groups in total. The average Bonchev–Trinajstić information content (AvgIpc) is 3.15. The van der Waals surface area contributed by atoms with Crippen LogP contribution in [0.4, 0.5) is 5.69 Å². The summed E-state index contributed by atoms with van der Waals surface area (Å²) in [5.74, 6) is 2.37. The lowest BCUT2D eigenvalue weighted by molar-refractivity contribution is 0.415. The summed E-state index contributed by atoms with van der Waals surface area (Å²) in [6, 6.07) is 5.50. The topological polar surface area (TPSA) is 78.8 Å². The Morgan fingerprint density at radius 2 is 2.25 bits per heavy atom. The van der Waals surface area contributed by atoms with Gasteiger partial charge in [0.2, 0.25) is 0 Å². The van der Waals surface area contributed by atoms with Gasteiger partial charge in [0.25, 0.3) is 0 Å². The number of anilines is 1. The normalized spacial score (nSPS) is 14.4. The summed E-state index contributed by atoms with van der Waals surface area (Å²) < 4.78 is 7.20. The zero-order valence-corrected chi connectivity index (χ0v) is 11.6. The molecule has 1 fully saturated rings. The molecule has 20 heavy (non-hydrogen) atoms. The molecule has 3 rings (SSSR count). The fourth-order valence-electron chi connectivity index (χ4n) is 2.38. The molecule has 1 aromatic heterocycles. The van der Waals surface area contributed by atoms with Crippen LogP contribution in [-0.4, -0.2) is 27.3 Å². The molecule has 1 saturated carbocycles. The highest BCUT2D eigenvalue weighted by Gasteiger charge is 2.21. The number of rotatable bonds is 6. The van der Waals surface area contributed by atoms with Crippen LogP contribution in [0.25, 0.3) is 11.4 Å². The molecule has 0 radical (unpaired) electrons. The van der Waals surface area contributed by atoms with Crippen LogP contribution in [0.3, 0.4) is 0 Å². The number of nitrogens with two attached hydrogens (primary N) is 1. The molecule has 6 heteroatoms. The predicted molar refractivity (Wildman–Crippen MR) is 76.2 cm³/mol. The summed E-state index contributed by atoms with van der Waals surface area (Å²) in [4.78, 5) is 0. The van der Waals surface area contributed by atoms with Crippen LogP contribution >= 0.6 is 0 Å². The van der Waals surface area contributed by atoms with Gasteiger partial charge in [-0.3, -0.25) is 0 Å².